The van der Waals surface area contributed by atoms with Crippen molar-refractivity contribution in [3.63, 3.8) is 0 Å². The average molecular weight is 438 g/mol. The molecule has 2 aromatic carbocycles. The molecule has 6 heteroatoms. The van der Waals surface area contributed by atoms with Crippen LogP contribution in [0.4, 0.5) is 5.69 Å². The summed E-state index contributed by atoms with van der Waals surface area (Å²) in [7, 11) is 1.61. The maximum absolute atomic E-state index is 13.1. The predicted molar refractivity (Wildman–Crippen MR) is 128 cm³/mol. The second-order valence-electron chi connectivity index (χ2n) is 8.47. The first kappa shape index (κ1) is 23.8. The molecule has 6 nitrogen and oxygen atoms in total. The summed E-state index contributed by atoms with van der Waals surface area (Å²) in [6.45, 7) is 6.28. The molecule has 2 amide bonds. The first-order valence-corrected chi connectivity index (χ1v) is 11.5. The zero-order valence-electron chi connectivity index (χ0n) is 19.4. The van der Waals surface area contributed by atoms with Crippen molar-refractivity contribution in [1.29, 1.82) is 0 Å². The second kappa shape index (κ2) is 11.7. The van der Waals surface area contributed by atoms with Gasteiger partial charge >= 0.3 is 0 Å². The number of carbonyl (C=O) groups is 2. The molecule has 0 radical (unpaired) electrons. The first-order chi connectivity index (χ1) is 15.5. The van der Waals surface area contributed by atoms with Gasteiger partial charge in [-0.2, -0.15) is 0 Å². The van der Waals surface area contributed by atoms with Gasteiger partial charge in [0.05, 0.1) is 19.7 Å². The molecule has 1 heterocycles. The van der Waals surface area contributed by atoms with E-state index in [0.29, 0.717) is 18.2 Å². The smallest absolute Gasteiger partial charge is 0.239 e. The van der Waals surface area contributed by atoms with E-state index in [1.54, 1.807) is 31.4 Å². The Morgan fingerprint density at radius 1 is 1.09 bits per heavy atom. The normalized spacial score (nSPS) is 15.4. The van der Waals surface area contributed by atoms with Crippen molar-refractivity contribution in [3.8, 4) is 5.75 Å². The van der Waals surface area contributed by atoms with Crippen molar-refractivity contribution in [2.45, 2.75) is 39.2 Å². The molecule has 0 bridgehead atoms. The monoisotopic (exact) mass is 437 g/mol. The zero-order chi connectivity index (χ0) is 22.9. The van der Waals surface area contributed by atoms with E-state index in [-0.39, 0.29) is 24.4 Å². The molecule has 172 valence electrons. The van der Waals surface area contributed by atoms with Crippen LogP contribution in [0.5, 0.6) is 5.75 Å². The highest BCUT2D eigenvalue weighted by Crippen LogP contribution is 2.23. The minimum absolute atomic E-state index is 0.113. The molecule has 1 aliphatic rings. The molecule has 1 atom stereocenters. The van der Waals surface area contributed by atoms with Gasteiger partial charge in [0.1, 0.15) is 5.75 Å². The molecule has 3 rings (SSSR count). The molecule has 1 N–H and O–H groups in total. The quantitative estimate of drug-likeness (QED) is 0.648. The Kier molecular flexibility index (Phi) is 8.68. The van der Waals surface area contributed by atoms with Crippen LogP contribution in [0.3, 0.4) is 0 Å². The zero-order valence-corrected chi connectivity index (χ0v) is 19.4. The van der Waals surface area contributed by atoms with E-state index in [0.717, 1.165) is 38.1 Å². The molecule has 1 aliphatic heterocycles. The number of piperidine rings is 1. The number of nitrogens with one attached hydrogen (secondary N) is 1. The number of methoxy groups -OCH3 is 1. The summed E-state index contributed by atoms with van der Waals surface area (Å²) in [5.41, 5.74) is 2.08. The lowest BCUT2D eigenvalue weighted by atomic mass is 9.90. The van der Waals surface area contributed by atoms with Crippen molar-refractivity contribution in [3.05, 3.63) is 60.2 Å². The highest BCUT2D eigenvalue weighted by molar-refractivity contribution is 5.93. The minimum atomic E-state index is -0.327. The Morgan fingerprint density at radius 2 is 1.75 bits per heavy atom. The predicted octanol–water partition coefficient (Wildman–Crippen LogP) is 3.83. The van der Waals surface area contributed by atoms with Gasteiger partial charge in [-0.15, -0.1) is 0 Å². The Morgan fingerprint density at radius 3 is 2.34 bits per heavy atom. The fourth-order valence-corrected chi connectivity index (χ4v) is 4.31. The Labute approximate surface area is 191 Å². The van der Waals surface area contributed by atoms with E-state index in [9.17, 15) is 9.59 Å². The van der Waals surface area contributed by atoms with E-state index in [2.05, 4.69) is 29.6 Å². The minimum Gasteiger partial charge on any atom is -0.497 e. The maximum Gasteiger partial charge on any atom is 0.239 e. The third-order valence-corrected chi connectivity index (χ3v) is 6.33. The van der Waals surface area contributed by atoms with Crippen molar-refractivity contribution in [2.75, 3.05) is 38.6 Å². The summed E-state index contributed by atoms with van der Waals surface area (Å²) in [6.07, 6.45) is 3.12. The number of hydrogen-bond donors (Lipinski definition) is 1. The van der Waals surface area contributed by atoms with Gasteiger partial charge in [-0.05, 0) is 68.5 Å². The number of ether oxygens (including phenoxy) is 1. The lowest BCUT2D eigenvalue weighted by Crippen LogP contribution is -2.51. The Bertz CT molecular complexity index is 862. The van der Waals surface area contributed by atoms with Crippen LogP contribution < -0.4 is 10.1 Å². The highest BCUT2D eigenvalue weighted by Gasteiger charge is 2.29. The van der Waals surface area contributed by atoms with Gasteiger partial charge in [-0.25, -0.2) is 0 Å². The van der Waals surface area contributed by atoms with Crippen molar-refractivity contribution in [1.82, 2.24) is 9.80 Å². The molecule has 1 saturated heterocycles. The number of carbonyl (C=O) groups excluding carboxylic acids is 2. The molecular formula is C26H35N3O3. The van der Waals surface area contributed by atoms with Gasteiger partial charge < -0.3 is 15.0 Å². The van der Waals surface area contributed by atoms with Gasteiger partial charge in [0, 0.05) is 18.8 Å². The topological polar surface area (TPSA) is 61.9 Å². The van der Waals surface area contributed by atoms with Gasteiger partial charge in [0.2, 0.25) is 11.8 Å². The summed E-state index contributed by atoms with van der Waals surface area (Å²) in [5.74, 6) is 1.35. The molecule has 1 fully saturated rings. The van der Waals surface area contributed by atoms with Crippen molar-refractivity contribution in [2.24, 2.45) is 5.92 Å². The van der Waals surface area contributed by atoms with Gasteiger partial charge in [-0.3, -0.25) is 14.5 Å². The summed E-state index contributed by atoms with van der Waals surface area (Å²) >= 11 is 0. The van der Waals surface area contributed by atoms with Crippen LogP contribution in [0.25, 0.3) is 0 Å². The van der Waals surface area contributed by atoms with E-state index >= 15 is 0 Å². The largest absolute Gasteiger partial charge is 0.497 e. The van der Waals surface area contributed by atoms with Crippen molar-refractivity contribution < 1.29 is 14.3 Å². The molecule has 0 aliphatic carbocycles. The number of amides is 2. The molecule has 0 saturated carbocycles. The fourth-order valence-electron chi connectivity index (χ4n) is 4.31. The number of anilines is 1. The molecule has 0 aromatic heterocycles. The fraction of sp³-hybridized carbons (Fsp3) is 0.462. The number of likely N-dealkylation sites (tertiary alicyclic amines) is 1. The summed E-state index contributed by atoms with van der Waals surface area (Å²) in [6, 6.07) is 17.5. The number of likely N-dealkylation sites (N-methyl/N-ethyl adjacent to an activating group) is 1. The standard InChI is InChI=1S/C26H35N3O3/c1-4-28(19-25(30)27-23-10-12-24(32-3)13-11-23)20(2)26(31)29-16-14-22(15-17-29)18-21-8-6-5-7-9-21/h5-13,20,22H,4,14-19H2,1-3H3,(H,27,30). The van der Waals surface area contributed by atoms with Crippen LogP contribution in [0, 0.1) is 5.92 Å². The third kappa shape index (κ3) is 6.57. The van der Waals surface area contributed by atoms with Crippen LogP contribution in [0.2, 0.25) is 0 Å². The maximum atomic E-state index is 13.1. The van der Waals surface area contributed by atoms with E-state index in [1.807, 2.05) is 29.7 Å². The highest BCUT2D eigenvalue weighted by atomic mass is 16.5. The molecule has 1 unspecified atom stereocenters. The Hall–Kier alpha value is -2.86. The van der Waals surface area contributed by atoms with Crippen LogP contribution in [0.1, 0.15) is 32.3 Å². The molecular weight excluding hydrogens is 402 g/mol. The molecule has 32 heavy (non-hydrogen) atoms. The van der Waals surface area contributed by atoms with Crippen LogP contribution >= 0.6 is 0 Å². The number of hydrogen-bond acceptors (Lipinski definition) is 4. The average Bonchev–Trinajstić information content (AvgIpc) is 2.83. The Balaban J connectivity index is 1.48. The van der Waals surface area contributed by atoms with E-state index in [4.69, 9.17) is 4.74 Å². The number of nitrogens with zero attached hydrogens (tertiary/aromatic N) is 2. The van der Waals surface area contributed by atoms with Gasteiger partial charge in [0.15, 0.2) is 0 Å². The molecule has 2 aromatic rings. The number of benzene rings is 2. The lowest BCUT2D eigenvalue weighted by molar-refractivity contribution is -0.138. The lowest BCUT2D eigenvalue weighted by Gasteiger charge is -2.36. The summed E-state index contributed by atoms with van der Waals surface area (Å²) < 4.78 is 5.14. The van der Waals surface area contributed by atoms with Crippen LogP contribution in [-0.2, 0) is 16.0 Å². The van der Waals surface area contributed by atoms with Gasteiger partial charge in [0.25, 0.3) is 0 Å². The van der Waals surface area contributed by atoms with E-state index < -0.39 is 0 Å². The first-order valence-electron chi connectivity index (χ1n) is 11.5. The summed E-state index contributed by atoms with van der Waals surface area (Å²) in [4.78, 5) is 29.6. The third-order valence-electron chi connectivity index (χ3n) is 6.33. The number of rotatable bonds is 9. The SMILES string of the molecule is CCN(CC(=O)Nc1ccc(OC)cc1)C(C)C(=O)N1CCC(Cc2ccccc2)CC1. The van der Waals surface area contributed by atoms with Crippen LogP contribution in [0.15, 0.2) is 54.6 Å². The summed E-state index contributed by atoms with van der Waals surface area (Å²) in [5, 5.41) is 2.90. The second-order valence-corrected chi connectivity index (χ2v) is 8.47. The molecule has 0 spiro atoms. The van der Waals surface area contributed by atoms with Gasteiger partial charge in [-0.1, -0.05) is 37.3 Å². The van der Waals surface area contributed by atoms with E-state index in [1.165, 1.54) is 5.56 Å². The van der Waals surface area contributed by atoms with Crippen molar-refractivity contribution >= 4 is 17.5 Å². The van der Waals surface area contributed by atoms with Crippen LogP contribution in [-0.4, -0.2) is 60.9 Å².